The summed E-state index contributed by atoms with van der Waals surface area (Å²) in [6.45, 7) is 5.67. The molecule has 1 aliphatic rings. The number of halogens is 1. The second-order valence-corrected chi connectivity index (χ2v) is 6.65. The summed E-state index contributed by atoms with van der Waals surface area (Å²) in [5.74, 6) is 0.152. The number of benzene rings is 2. The van der Waals surface area contributed by atoms with Crippen LogP contribution in [0.15, 0.2) is 60.7 Å². The van der Waals surface area contributed by atoms with Gasteiger partial charge in [0.15, 0.2) is 6.10 Å². The van der Waals surface area contributed by atoms with Gasteiger partial charge in [0.05, 0.1) is 0 Å². The third kappa shape index (κ3) is 5.66. The Bertz CT molecular complexity index is 754. The van der Waals surface area contributed by atoms with Crippen molar-refractivity contribution in [3.63, 3.8) is 0 Å². The van der Waals surface area contributed by atoms with E-state index in [4.69, 9.17) is 4.74 Å². The van der Waals surface area contributed by atoms with E-state index in [-0.39, 0.29) is 11.7 Å². The number of piperazine rings is 1. The maximum absolute atomic E-state index is 13.0. The number of carbonyl (C=O) groups excluding carboxylic acids is 1. The Morgan fingerprint density at radius 1 is 1.07 bits per heavy atom. The first-order valence-electron chi connectivity index (χ1n) is 9.27. The van der Waals surface area contributed by atoms with Gasteiger partial charge in [-0.1, -0.05) is 42.5 Å². The lowest BCUT2D eigenvalue weighted by atomic mass is 10.2. The van der Waals surface area contributed by atoms with E-state index in [0.29, 0.717) is 18.8 Å². The molecule has 2 aromatic carbocycles. The minimum absolute atomic E-state index is 0.0289. The van der Waals surface area contributed by atoms with E-state index in [2.05, 4.69) is 29.2 Å². The van der Waals surface area contributed by atoms with E-state index in [1.807, 2.05) is 23.1 Å². The lowest BCUT2D eigenvalue weighted by Crippen LogP contribution is -2.51. The fraction of sp³-hybridized carbons (Fsp3) is 0.318. The highest BCUT2D eigenvalue weighted by Crippen LogP contribution is 2.15. The molecule has 0 unspecified atom stereocenters. The fourth-order valence-corrected chi connectivity index (χ4v) is 3.08. The van der Waals surface area contributed by atoms with Crippen LogP contribution in [0.3, 0.4) is 0 Å². The molecule has 142 valence electrons. The van der Waals surface area contributed by atoms with Crippen molar-refractivity contribution in [3.05, 3.63) is 72.1 Å². The number of rotatable bonds is 6. The van der Waals surface area contributed by atoms with Gasteiger partial charge in [-0.25, -0.2) is 4.39 Å². The van der Waals surface area contributed by atoms with Crippen molar-refractivity contribution in [2.24, 2.45) is 0 Å². The first-order chi connectivity index (χ1) is 13.1. The standard InChI is InChI=1S/C22H25FN2O2/c1-18(27-21-11-9-20(23)10-12-21)22(26)25-16-14-24(15-17-25)13-5-8-19-6-3-2-4-7-19/h2-12,18H,13-17H2,1H3/b8-5+/t18-/m0/s1. The quantitative estimate of drug-likeness (QED) is 0.783. The number of amides is 1. The average Bonchev–Trinajstić information content (AvgIpc) is 2.70. The normalized spacial score (nSPS) is 16.4. The SMILES string of the molecule is C[C@H](Oc1ccc(F)cc1)C(=O)N1CCN(C/C=C/c2ccccc2)CC1. The molecular weight excluding hydrogens is 343 g/mol. The summed E-state index contributed by atoms with van der Waals surface area (Å²) in [6, 6.07) is 16.0. The summed E-state index contributed by atoms with van der Waals surface area (Å²) in [4.78, 5) is 16.7. The van der Waals surface area contributed by atoms with Gasteiger partial charge >= 0.3 is 0 Å². The largest absolute Gasteiger partial charge is 0.481 e. The van der Waals surface area contributed by atoms with Crippen LogP contribution < -0.4 is 4.74 Å². The van der Waals surface area contributed by atoms with Gasteiger partial charge < -0.3 is 9.64 Å². The van der Waals surface area contributed by atoms with Gasteiger partial charge in [0.1, 0.15) is 11.6 Å². The number of hydrogen-bond acceptors (Lipinski definition) is 3. The molecule has 3 rings (SSSR count). The van der Waals surface area contributed by atoms with Gasteiger partial charge in [-0.05, 0) is 36.8 Å². The Balaban J connectivity index is 1.43. The van der Waals surface area contributed by atoms with Crippen molar-refractivity contribution in [1.29, 1.82) is 0 Å². The molecular formula is C22H25FN2O2. The monoisotopic (exact) mass is 368 g/mol. The first kappa shape index (κ1) is 19.1. The van der Waals surface area contributed by atoms with Crippen molar-refractivity contribution in [1.82, 2.24) is 9.80 Å². The Labute approximate surface area is 159 Å². The van der Waals surface area contributed by atoms with Crippen LogP contribution in [0.4, 0.5) is 4.39 Å². The molecule has 27 heavy (non-hydrogen) atoms. The number of ether oxygens (including phenoxy) is 1. The van der Waals surface area contributed by atoms with Gasteiger partial charge in [0, 0.05) is 32.7 Å². The van der Waals surface area contributed by atoms with Crippen molar-refractivity contribution in [2.75, 3.05) is 32.7 Å². The zero-order valence-corrected chi connectivity index (χ0v) is 15.6. The Hall–Kier alpha value is -2.66. The third-order valence-electron chi connectivity index (χ3n) is 4.63. The Morgan fingerprint density at radius 3 is 2.41 bits per heavy atom. The molecule has 0 N–H and O–H groups in total. The molecule has 1 heterocycles. The van der Waals surface area contributed by atoms with Crippen LogP contribution >= 0.6 is 0 Å². The number of hydrogen-bond donors (Lipinski definition) is 0. The van der Waals surface area contributed by atoms with Crippen molar-refractivity contribution in [2.45, 2.75) is 13.0 Å². The molecule has 1 aliphatic heterocycles. The van der Waals surface area contributed by atoms with E-state index in [1.165, 1.54) is 29.8 Å². The maximum Gasteiger partial charge on any atom is 0.263 e. The molecule has 0 aromatic heterocycles. The summed E-state index contributed by atoms with van der Waals surface area (Å²) in [5, 5.41) is 0. The molecule has 1 amide bonds. The molecule has 0 radical (unpaired) electrons. The molecule has 1 atom stereocenters. The zero-order chi connectivity index (χ0) is 19.1. The summed E-state index contributed by atoms with van der Waals surface area (Å²) in [5.41, 5.74) is 1.19. The molecule has 1 saturated heterocycles. The van der Waals surface area contributed by atoms with Crippen LogP contribution in [0.5, 0.6) is 5.75 Å². The zero-order valence-electron chi connectivity index (χ0n) is 15.6. The molecule has 1 fully saturated rings. The molecule has 4 nitrogen and oxygen atoms in total. The highest BCUT2D eigenvalue weighted by atomic mass is 19.1. The number of nitrogens with zero attached hydrogens (tertiary/aromatic N) is 2. The molecule has 0 aliphatic carbocycles. The molecule has 0 spiro atoms. The summed E-state index contributed by atoms with van der Waals surface area (Å²) in [7, 11) is 0. The Kier molecular flexibility index (Phi) is 6.60. The smallest absolute Gasteiger partial charge is 0.263 e. The van der Waals surface area contributed by atoms with Gasteiger partial charge in [-0.15, -0.1) is 0 Å². The van der Waals surface area contributed by atoms with E-state index in [0.717, 1.165) is 19.6 Å². The van der Waals surface area contributed by atoms with E-state index in [1.54, 1.807) is 6.92 Å². The summed E-state index contributed by atoms with van der Waals surface area (Å²) < 4.78 is 18.6. The highest BCUT2D eigenvalue weighted by Gasteiger charge is 2.25. The molecule has 2 aromatic rings. The van der Waals surface area contributed by atoms with Crippen LogP contribution in [-0.4, -0.2) is 54.5 Å². The average molecular weight is 368 g/mol. The van der Waals surface area contributed by atoms with Crippen molar-refractivity contribution < 1.29 is 13.9 Å². The fourth-order valence-electron chi connectivity index (χ4n) is 3.08. The van der Waals surface area contributed by atoms with Crippen LogP contribution in [0.1, 0.15) is 12.5 Å². The van der Waals surface area contributed by atoms with Gasteiger partial charge in [-0.3, -0.25) is 9.69 Å². The van der Waals surface area contributed by atoms with E-state index < -0.39 is 6.10 Å². The predicted molar refractivity (Wildman–Crippen MR) is 105 cm³/mol. The van der Waals surface area contributed by atoms with E-state index >= 15 is 0 Å². The maximum atomic E-state index is 13.0. The lowest BCUT2D eigenvalue weighted by Gasteiger charge is -2.35. The van der Waals surface area contributed by atoms with Gasteiger partial charge in [-0.2, -0.15) is 0 Å². The second-order valence-electron chi connectivity index (χ2n) is 6.65. The summed E-state index contributed by atoms with van der Waals surface area (Å²) >= 11 is 0. The lowest BCUT2D eigenvalue weighted by molar-refractivity contribution is -0.139. The minimum Gasteiger partial charge on any atom is -0.481 e. The molecule has 0 bridgehead atoms. The van der Waals surface area contributed by atoms with Crippen molar-refractivity contribution in [3.8, 4) is 5.75 Å². The Morgan fingerprint density at radius 2 is 1.74 bits per heavy atom. The van der Waals surface area contributed by atoms with Crippen molar-refractivity contribution >= 4 is 12.0 Å². The molecule has 5 heteroatoms. The van der Waals surface area contributed by atoms with E-state index in [9.17, 15) is 9.18 Å². The number of carbonyl (C=O) groups is 1. The molecule has 0 saturated carbocycles. The van der Waals surface area contributed by atoms with Gasteiger partial charge in [0.2, 0.25) is 0 Å². The first-order valence-corrected chi connectivity index (χ1v) is 9.27. The summed E-state index contributed by atoms with van der Waals surface area (Å²) in [6.07, 6.45) is 3.70. The predicted octanol–water partition coefficient (Wildman–Crippen LogP) is 3.45. The van der Waals surface area contributed by atoms with Gasteiger partial charge in [0.25, 0.3) is 5.91 Å². The van der Waals surface area contributed by atoms with Crippen LogP contribution in [0.2, 0.25) is 0 Å². The van der Waals surface area contributed by atoms with Crippen LogP contribution in [0.25, 0.3) is 6.08 Å². The minimum atomic E-state index is -0.583. The second kappa shape index (κ2) is 9.33. The third-order valence-corrected chi connectivity index (χ3v) is 4.63. The topological polar surface area (TPSA) is 32.8 Å². The van der Waals surface area contributed by atoms with Crippen LogP contribution in [-0.2, 0) is 4.79 Å². The highest BCUT2D eigenvalue weighted by molar-refractivity contribution is 5.81. The van der Waals surface area contributed by atoms with Crippen LogP contribution in [0, 0.1) is 5.82 Å².